The fourth-order valence-electron chi connectivity index (χ4n) is 6.18. The molecule has 0 N–H and O–H groups in total. The van der Waals surface area contributed by atoms with Crippen molar-refractivity contribution in [1.82, 2.24) is 0 Å². The third-order valence-electron chi connectivity index (χ3n) is 8.16. The number of benzene rings is 3. The van der Waals surface area contributed by atoms with Gasteiger partial charge in [0.25, 0.3) is 0 Å². The summed E-state index contributed by atoms with van der Waals surface area (Å²) in [7, 11) is 0. The summed E-state index contributed by atoms with van der Waals surface area (Å²) in [6, 6.07) is 25.2. The zero-order chi connectivity index (χ0) is 23.4. The molecule has 0 aliphatic heterocycles. The second-order valence-electron chi connectivity index (χ2n) is 10.1. The molecule has 0 heterocycles. The zero-order valence-corrected chi connectivity index (χ0v) is 26.9. The van der Waals surface area contributed by atoms with E-state index in [0.29, 0.717) is 9.54 Å². The molecule has 0 amide bonds. The van der Waals surface area contributed by atoms with Crippen molar-refractivity contribution in [1.29, 1.82) is 0 Å². The molecule has 3 aromatic carbocycles. The molecular formula is C31H36Cl2SiZr. The van der Waals surface area contributed by atoms with Crippen LogP contribution in [-0.4, -0.2) is 5.43 Å². The van der Waals surface area contributed by atoms with Crippen LogP contribution in [0.1, 0.15) is 54.9 Å². The first kappa shape index (κ1) is 28.4. The molecule has 3 aromatic rings. The van der Waals surface area contributed by atoms with Gasteiger partial charge in [0.05, 0.1) is 0 Å². The maximum atomic E-state index is 2.61. The summed E-state index contributed by atoms with van der Waals surface area (Å²) < 4.78 is 2.57. The molecule has 0 spiro atoms. The van der Waals surface area contributed by atoms with Crippen LogP contribution < -0.4 is 0 Å². The van der Waals surface area contributed by atoms with Gasteiger partial charge in [0, 0.05) is 0 Å². The number of hydrogen-bond acceptors (Lipinski definition) is 0. The van der Waals surface area contributed by atoms with Crippen LogP contribution in [-0.2, 0) is 20.4 Å². The Labute approximate surface area is 231 Å². The van der Waals surface area contributed by atoms with Gasteiger partial charge in [0.15, 0.2) is 0 Å². The normalized spacial score (nSPS) is 19.1. The molecule has 0 aromatic heterocycles. The van der Waals surface area contributed by atoms with Crippen molar-refractivity contribution in [3.8, 4) is 0 Å². The van der Waals surface area contributed by atoms with Crippen LogP contribution in [0.2, 0.25) is 13.1 Å². The molecule has 4 heteroatoms. The van der Waals surface area contributed by atoms with Crippen LogP contribution in [0.25, 0.3) is 16.3 Å². The van der Waals surface area contributed by atoms with Crippen LogP contribution in [0.4, 0.5) is 0 Å². The molecule has 5 rings (SSSR count). The number of rotatable bonds is 3. The second kappa shape index (κ2) is 11.1. The van der Waals surface area contributed by atoms with E-state index < -0.39 is 20.4 Å². The Morgan fingerprint density at radius 3 is 1.97 bits per heavy atom. The zero-order valence-electron chi connectivity index (χ0n) is 21.8. The summed E-state index contributed by atoms with van der Waals surface area (Å²) in [6.45, 7) is 17.3. The molecule has 2 unspecified atom stereocenters. The van der Waals surface area contributed by atoms with E-state index in [1.54, 1.807) is 27.9 Å². The van der Waals surface area contributed by atoms with Gasteiger partial charge >= 0.3 is 208 Å². The predicted molar refractivity (Wildman–Crippen MR) is 157 cm³/mol. The van der Waals surface area contributed by atoms with Gasteiger partial charge in [-0.3, -0.25) is 0 Å². The fourth-order valence-corrected chi connectivity index (χ4v) is 26.8. The number of allylic oxidation sites excluding steroid dienone is 5. The van der Waals surface area contributed by atoms with E-state index >= 15 is 0 Å². The van der Waals surface area contributed by atoms with Crippen molar-refractivity contribution in [2.45, 2.75) is 51.3 Å². The molecule has 182 valence electrons. The maximum absolute atomic E-state index is 2.61. The van der Waals surface area contributed by atoms with Gasteiger partial charge in [-0.25, -0.2) is 0 Å². The van der Waals surface area contributed by atoms with Crippen molar-refractivity contribution in [2.75, 3.05) is 0 Å². The molecule has 0 bridgehead atoms. The van der Waals surface area contributed by atoms with Crippen molar-refractivity contribution in [2.24, 2.45) is 5.92 Å². The Morgan fingerprint density at radius 1 is 0.714 bits per heavy atom. The summed E-state index contributed by atoms with van der Waals surface area (Å²) in [6.07, 6.45) is 0. The molecule has 0 saturated heterocycles. The first-order valence-corrected chi connectivity index (χ1v) is 21.0. The minimum Gasteiger partial charge on any atom is -0.147 e. The minimum atomic E-state index is -1.99. The van der Waals surface area contributed by atoms with Crippen LogP contribution >= 0.6 is 24.8 Å². The Kier molecular flexibility index (Phi) is 8.97. The molecule has 2 aliphatic rings. The van der Waals surface area contributed by atoms with E-state index in [-0.39, 0.29) is 30.2 Å². The molecule has 35 heavy (non-hydrogen) atoms. The van der Waals surface area contributed by atoms with Crippen LogP contribution in [0, 0.1) is 5.92 Å². The quantitative estimate of drug-likeness (QED) is 0.263. The Morgan fingerprint density at radius 2 is 1.34 bits per heavy atom. The summed E-state index contributed by atoms with van der Waals surface area (Å²) in [4.78, 5) is 0. The smallest absolute Gasteiger partial charge is 0.147 e. The largest absolute Gasteiger partial charge is 0.147 e. The van der Waals surface area contributed by atoms with Gasteiger partial charge in [-0.15, -0.1) is 24.8 Å². The Hall–Kier alpha value is -1.18. The van der Waals surface area contributed by atoms with E-state index in [1.165, 1.54) is 27.5 Å². The molecule has 0 saturated carbocycles. The van der Waals surface area contributed by atoms with Gasteiger partial charge in [-0.05, 0) is 0 Å². The topological polar surface area (TPSA) is 0 Å². The monoisotopic (exact) mass is 596 g/mol. The van der Waals surface area contributed by atoms with Crippen LogP contribution in [0.15, 0.2) is 92.3 Å². The average molecular weight is 599 g/mol. The van der Waals surface area contributed by atoms with E-state index in [9.17, 15) is 0 Å². The first-order chi connectivity index (χ1) is 15.8. The summed E-state index contributed by atoms with van der Waals surface area (Å²) in [5, 5.41) is 2.66. The second-order valence-corrected chi connectivity index (χ2v) is 27.5. The van der Waals surface area contributed by atoms with Crippen LogP contribution in [0.3, 0.4) is 0 Å². The van der Waals surface area contributed by atoms with E-state index in [4.69, 9.17) is 0 Å². The van der Waals surface area contributed by atoms with E-state index in [2.05, 4.69) is 114 Å². The Balaban J connectivity index is 0.00000171. The van der Waals surface area contributed by atoms with Gasteiger partial charge in [-0.2, -0.15) is 0 Å². The fraction of sp³-hybridized carbons (Fsp3) is 0.290. The number of hydrogen-bond donors (Lipinski definition) is 0. The summed E-state index contributed by atoms with van der Waals surface area (Å²) >= 11 is -1.99. The molecule has 2 atom stereocenters. The third-order valence-corrected chi connectivity index (χ3v) is 27.1. The summed E-state index contributed by atoms with van der Waals surface area (Å²) in [5.41, 5.74) is 12.1. The molecule has 0 nitrogen and oxygen atoms in total. The third kappa shape index (κ3) is 4.66. The minimum absolute atomic E-state index is 0. The molecule has 2 aliphatic carbocycles. The average Bonchev–Trinajstić information content (AvgIpc) is 3.20. The van der Waals surface area contributed by atoms with Crippen LogP contribution in [0.5, 0.6) is 0 Å². The van der Waals surface area contributed by atoms with Gasteiger partial charge in [-0.1, -0.05) is 0 Å². The molecule has 0 radical (unpaired) electrons. The maximum Gasteiger partial charge on any atom is -0.147 e. The summed E-state index contributed by atoms with van der Waals surface area (Å²) in [5.74, 6) is 0.643. The van der Waals surface area contributed by atoms with Crippen molar-refractivity contribution >= 4 is 46.6 Å². The predicted octanol–water partition coefficient (Wildman–Crippen LogP) is 9.69. The van der Waals surface area contributed by atoms with Crippen molar-refractivity contribution < 1.29 is 20.4 Å². The van der Waals surface area contributed by atoms with E-state index in [0.717, 1.165) is 0 Å². The number of fused-ring (bicyclic) bond motifs is 2. The SMILES string of the molecule is CC1=C(C)C(C)[C]([Zr]([CH]2C(C)=C(c3ccc4ccccc4c3)c3ccccc32)=[Si](C)C)=C1C.Cl.Cl. The molecular weight excluding hydrogens is 563 g/mol. The van der Waals surface area contributed by atoms with Gasteiger partial charge < -0.3 is 0 Å². The van der Waals surface area contributed by atoms with Gasteiger partial charge in [0.1, 0.15) is 0 Å². The van der Waals surface area contributed by atoms with Crippen molar-refractivity contribution in [3.63, 3.8) is 0 Å². The molecule has 0 fully saturated rings. The number of halogens is 2. The standard InChI is InChI=1S/C20H15.C9H13.C2H6Si.2ClH.Zr/c1-14-12-17-8-4-5-9-19(17)20(14)18-11-10-15-6-2-3-7-16(15)13-18;1-6-5-7(2)9(4)8(6)3;1-3-2;;;/h2-13H,1H3;6H,1-4H3;1-2H3;2*1H;. The first-order valence-electron chi connectivity index (χ1n) is 12.2. The van der Waals surface area contributed by atoms with Gasteiger partial charge in [0.2, 0.25) is 0 Å². The van der Waals surface area contributed by atoms with E-state index in [1.807, 2.05) is 3.28 Å². The Bertz CT molecular complexity index is 1440. The van der Waals surface area contributed by atoms with Crippen molar-refractivity contribution in [3.05, 3.63) is 109 Å².